The third-order valence-electron chi connectivity index (χ3n) is 3.39. The van der Waals surface area contributed by atoms with Gasteiger partial charge in [-0.05, 0) is 32.9 Å². The molecule has 1 saturated heterocycles. The van der Waals surface area contributed by atoms with Crippen molar-refractivity contribution >= 4 is 0 Å². The fraction of sp³-hybridized carbons (Fsp3) is 0.533. The molecule has 21 heavy (non-hydrogen) atoms. The van der Waals surface area contributed by atoms with E-state index in [1.54, 1.807) is 12.4 Å². The minimum atomic E-state index is -0.149. The second kappa shape index (κ2) is 5.54. The average molecular weight is 288 g/mol. The van der Waals surface area contributed by atoms with Gasteiger partial charge in [0.15, 0.2) is 0 Å². The number of hydrogen-bond acceptors (Lipinski definition) is 6. The second-order valence-corrected chi connectivity index (χ2v) is 6.11. The molecule has 0 aliphatic carbocycles. The molecule has 0 radical (unpaired) electrons. The number of pyridine rings is 1. The van der Waals surface area contributed by atoms with Gasteiger partial charge in [-0.25, -0.2) is 0 Å². The highest BCUT2D eigenvalue weighted by Gasteiger charge is 2.32. The topological polar surface area (TPSA) is 64.3 Å². The molecule has 2 aromatic heterocycles. The average Bonchev–Trinajstić information content (AvgIpc) is 2.86. The second-order valence-electron chi connectivity index (χ2n) is 6.11. The number of nitrogens with zero attached hydrogens (tertiary/aromatic N) is 4. The Kier molecular flexibility index (Phi) is 3.73. The first kappa shape index (κ1) is 14.2. The summed E-state index contributed by atoms with van der Waals surface area (Å²) in [4.78, 5) is 10.8. The number of hydrogen-bond donors (Lipinski definition) is 0. The summed E-state index contributed by atoms with van der Waals surface area (Å²) in [6.07, 6.45) is 3.66. The van der Waals surface area contributed by atoms with E-state index in [0.717, 1.165) is 18.7 Å². The molecule has 0 spiro atoms. The minimum absolute atomic E-state index is 0.149. The number of rotatable bonds is 3. The normalized spacial score (nSPS) is 22.3. The largest absolute Gasteiger partial charge is 0.370 e. The fourth-order valence-corrected chi connectivity index (χ4v) is 2.83. The molecule has 1 aliphatic heterocycles. The Morgan fingerprint density at radius 1 is 1.43 bits per heavy atom. The highest BCUT2D eigenvalue weighted by molar-refractivity contribution is 5.51. The lowest BCUT2D eigenvalue weighted by Crippen LogP contribution is -2.51. The summed E-state index contributed by atoms with van der Waals surface area (Å²) in [5.41, 5.74) is 0.715. The Hall–Kier alpha value is -1.79. The van der Waals surface area contributed by atoms with Crippen LogP contribution in [0.15, 0.2) is 29.0 Å². The van der Waals surface area contributed by atoms with Crippen LogP contribution < -0.4 is 0 Å². The zero-order chi connectivity index (χ0) is 14.9. The van der Waals surface area contributed by atoms with Gasteiger partial charge in [-0.3, -0.25) is 9.88 Å². The molecule has 0 amide bonds. The van der Waals surface area contributed by atoms with Crippen LogP contribution in [0.2, 0.25) is 0 Å². The van der Waals surface area contributed by atoms with Gasteiger partial charge in [0.25, 0.3) is 0 Å². The third-order valence-corrected chi connectivity index (χ3v) is 3.39. The van der Waals surface area contributed by atoms with Crippen LogP contribution in [-0.2, 0) is 11.3 Å². The predicted octanol–water partition coefficient (Wildman–Crippen LogP) is 2.13. The van der Waals surface area contributed by atoms with E-state index >= 15 is 0 Å². The maximum absolute atomic E-state index is 5.90. The smallest absolute Gasteiger partial charge is 0.241 e. The lowest BCUT2D eigenvalue weighted by atomic mass is 10.1. The molecule has 112 valence electrons. The molecule has 0 unspecified atom stereocenters. The summed E-state index contributed by atoms with van der Waals surface area (Å²) >= 11 is 0. The van der Waals surface area contributed by atoms with Crippen LogP contribution >= 0.6 is 0 Å². The van der Waals surface area contributed by atoms with E-state index in [1.807, 2.05) is 12.1 Å². The van der Waals surface area contributed by atoms with E-state index in [0.29, 0.717) is 18.3 Å². The molecular weight excluding hydrogens is 268 g/mol. The highest BCUT2D eigenvalue weighted by Crippen LogP contribution is 2.22. The predicted molar refractivity (Wildman–Crippen MR) is 77.4 cm³/mol. The van der Waals surface area contributed by atoms with Gasteiger partial charge < -0.3 is 9.26 Å². The molecular formula is C15H20N4O2. The monoisotopic (exact) mass is 288 g/mol. The highest BCUT2D eigenvalue weighted by atomic mass is 16.5. The zero-order valence-corrected chi connectivity index (χ0v) is 12.6. The summed E-state index contributed by atoms with van der Waals surface area (Å²) < 4.78 is 11.3. The molecule has 6 nitrogen and oxygen atoms in total. The third kappa shape index (κ3) is 3.46. The van der Waals surface area contributed by atoms with Gasteiger partial charge in [0.1, 0.15) is 0 Å². The van der Waals surface area contributed by atoms with Gasteiger partial charge in [-0.2, -0.15) is 4.98 Å². The molecule has 1 atom stereocenters. The van der Waals surface area contributed by atoms with Crippen molar-refractivity contribution in [2.45, 2.75) is 39.0 Å². The molecule has 1 fully saturated rings. The lowest BCUT2D eigenvalue weighted by Gasteiger charge is -2.41. The van der Waals surface area contributed by atoms with E-state index in [-0.39, 0.29) is 11.7 Å². The van der Waals surface area contributed by atoms with Crippen LogP contribution in [0.3, 0.4) is 0 Å². The Morgan fingerprint density at radius 2 is 2.29 bits per heavy atom. The zero-order valence-electron chi connectivity index (χ0n) is 12.6. The minimum Gasteiger partial charge on any atom is -0.370 e. The van der Waals surface area contributed by atoms with E-state index in [9.17, 15) is 0 Å². The summed E-state index contributed by atoms with van der Waals surface area (Å²) in [6.45, 7) is 8.65. The molecule has 0 aromatic carbocycles. The standard InChI is InChI=1S/C15H20N4O2/c1-11-8-19(10-15(2,3)20-11)9-13-17-14(18-21-13)12-5-4-6-16-7-12/h4-7,11H,8-10H2,1-3H3/t11-/m1/s1. The van der Waals surface area contributed by atoms with Crippen molar-refractivity contribution in [1.82, 2.24) is 20.0 Å². The van der Waals surface area contributed by atoms with Crippen molar-refractivity contribution in [3.8, 4) is 11.4 Å². The lowest BCUT2D eigenvalue weighted by molar-refractivity contribution is -0.132. The van der Waals surface area contributed by atoms with Crippen LogP contribution in [-0.4, -0.2) is 44.8 Å². The van der Waals surface area contributed by atoms with Gasteiger partial charge in [-0.1, -0.05) is 5.16 Å². The van der Waals surface area contributed by atoms with E-state index < -0.39 is 0 Å². The van der Waals surface area contributed by atoms with Gasteiger partial charge in [-0.15, -0.1) is 0 Å². The Balaban J connectivity index is 1.70. The van der Waals surface area contributed by atoms with Gasteiger partial charge in [0, 0.05) is 31.0 Å². The van der Waals surface area contributed by atoms with Crippen molar-refractivity contribution in [2.24, 2.45) is 0 Å². The SMILES string of the molecule is C[C@@H]1CN(Cc2nc(-c3cccnc3)no2)CC(C)(C)O1. The van der Waals surface area contributed by atoms with Crippen LogP contribution in [0.5, 0.6) is 0 Å². The van der Waals surface area contributed by atoms with Crippen molar-refractivity contribution < 1.29 is 9.26 Å². The number of ether oxygens (including phenoxy) is 1. The molecule has 0 bridgehead atoms. The number of aromatic nitrogens is 3. The summed E-state index contributed by atoms with van der Waals surface area (Å²) in [7, 11) is 0. The number of morpholine rings is 1. The van der Waals surface area contributed by atoms with E-state index in [4.69, 9.17) is 9.26 Å². The molecule has 3 rings (SSSR count). The van der Waals surface area contributed by atoms with Crippen molar-refractivity contribution in [1.29, 1.82) is 0 Å². The van der Waals surface area contributed by atoms with E-state index in [1.165, 1.54) is 0 Å². The Bertz CT molecular complexity index is 597. The maximum Gasteiger partial charge on any atom is 0.241 e. The van der Waals surface area contributed by atoms with Crippen molar-refractivity contribution in [3.05, 3.63) is 30.4 Å². The van der Waals surface area contributed by atoms with Crippen molar-refractivity contribution in [2.75, 3.05) is 13.1 Å². The van der Waals surface area contributed by atoms with E-state index in [2.05, 4.69) is 40.8 Å². The molecule has 3 heterocycles. The molecule has 2 aromatic rings. The first-order valence-electron chi connectivity index (χ1n) is 7.15. The molecule has 0 saturated carbocycles. The summed E-state index contributed by atoms with van der Waals surface area (Å²) in [5, 5.41) is 4.02. The maximum atomic E-state index is 5.90. The molecule has 6 heteroatoms. The van der Waals surface area contributed by atoms with Crippen LogP contribution in [0.1, 0.15) is 26.7 Å². The quantitative estimate of drug-likeness (QED) is 0.862. The van der Waals surface area contributed by atoms with Crippen LogP contribution in [0, 0.1) is 0 Å². The summed E-state index contributed by atoms with van der Waals surface area (Å²) in [6, 6.07) is 3.78. The fourth-order valence-electron chi connectivity index (χ4n) is 2.83. The van der Waals surface area contributed by atoms with Gasteiger partial charge in [0.05, 0.1) is 18.2 Å². The first-order chi connectivity index (χ1) is 10.0. The van der Waals surface area contributed by atoms with Crippen LogP contribution in [0.4, 0.5) is 0 Å². The van der Waals surface area contributed by atoms with Crippen LogP contribution in [0.25, 0.3) is 11.4 Å². The Morgan fingerprint density at radius 3 is 3.00 bits per heavy atom. The first-order valence-corrected chi connectivity index (χ1v) is 7.15. The Labute approximate surface area is 124 Å². The molecule has 0 N–H and O–H groups in total. The summed E-state index contributed by atoms with van der Waals surface area (Å²) in [5.74, 6) is 1.21. The molecule has 1 aliphatic rings. The van der Waals surface area contributed by atoms with Crippen molar-refractivity contribution in [3.63, 3.8) is 0 Å². The van der Waals surface area contributed by atoms with Gasteiger partial charge >= 0.3 is 0 Å². The van der Waals surface area contributed by atoms with Gasteiger partial charge in [0.2, 0.25) is 11.7 Å².